The van der Waals surface area contributed by atoms with E-state index in [0.29, 0.717) is 0 Å². The van der Waals surface area contributed by atoms with Gasteiger partial charge in [0.1, 0.15) is 12.8 Å². The van der Waals surface area contributed by atoms with Crippen molar-refractivity contribution in [2.45, 2.75) is 13.3 Å². The van der Waals surface area contributed by atoms with E-state index in [2.05, 4.69) is 41.8 Å². The second-order valence-electron chi connectivity index (χ2n) is 4.49. The molecule has 2 heteroatoms. The first-order valence-electron chi connectivity index (χ1n) is 6.65. The van der Waals surface area contributed by atoms with Crippen molar-refractivity contribution >= 4 is 12.2 Å². The van der Waals surface area contributed by atoms with Crippen LogP contribution < -0.4 is 9.30 Å². The first-order valence-corrected chi connectivity index (χ1v) is 6.65. The molecule has 0 saturated heterocycles. The van der Waals surface area contributed by atoms with Crippen molar-refractivity contribution in [1.29, 1.82) is 0 Å². The Kier molecular flexibility index (Phi) is 4.73. The van der Waals surface area contributed by atoms with Crippen molar-refractivity contribution in [3.8, 4) is 5.75 Å². The summed E-state index contributed by atoms with van der Waals surface area (Å²) >= 11 is 0. The van der Waals surface area contributed by atoms with Gasteiger partial charge >= 0.3 is 0 Å². The zero-order valence-electron chi connectivity index (χ0n) is 11.5. The van der Waals surface area contributed by atoms with Gasteiger partial charge in [-0.1, -0.05) is 19.1 Å². The molecule has 0 bridgehead atoms. The number of hydrogen-bond acceptors (Lipinski definition) is 1. The number of hydrogen-bond donors (Lipinski definition) is 0. The molecule has 2 aromatic rings. The van der Waals surface area contributed by atoms with Crippen molar-refractivity contribution in [3.63, 3.8) is 0 Å². The zero-order chi connectivity index (χ0) is 13.5. The van der Waals surface area contributed by atoms with Gasteiger partial charge in [0.2, 0.25) is 5.69 Å². The first-order chi connectivity index (χ1) is 9.29. The van der Waals surface area contributed by atoms with Gasteiger partial charge in [-0.05, 0) is 36.3 Å². The fraction of sp³-hybridized carbons (Fsp3) is 0.235. The number of nitrogens with zero attached hydrogens (tertiary/aromatic N) is 1. The Labute approximate surface area is 115 Å². The molecule has 0 saturated carbocycles. The molecule has 0 amide bonds. The Morgan fingerprint density at radius 1 is 1.11 bits per heavy atom. The van der Waals surface area contributed by atoms with Crippen LogP contribution in [-0.2, 0) is 7.05 Å². The molecule has 0 radical (unpaired) electrons. The van der Waals surface area contributed by atoms with Crippen LogP contribution in [0.2, 0.25) is 0 Å². The fourth-order valence-electron chi connectivity index (χ4n) is 1.82. The zero-order valence-corrected chi connectivity index (χ0v) is 11.5. The smallest absolute Gasteiger partial charge is 0.204 e. The molecule has 0 aliphatic carbocycles. The van der Waals surface area contributed by atoms with Crippen LogP contribution in [0, 0.1) is 0 Å². The lowest BCUT2D eigenvalue weighted by molar-refractivity contribution is -0.673. The van der Waals surface area contributed by atoms with E-state index >= 15 is 0 Å². The summed E-state index contributed by atoms with van der Waals surface area (Å²) in [6, 6.07) is 14.3. The monoisotopic (exact) mass is 254 g/mol. The van der Waals surface area contributed by atoms with Gasteiger partial charge in [0.05, 0.1) is 6.61 Å². The van der Waals surface area contributed by atoms with Gasteiger partial charge in [-0.3, -0.25) is 0 Å². The second kappa shape index (κ2) is 6.74. The van der Waals surface area contributed by atoms with Crippen LogP contribution in [0.1, 0.15) is 24.6 Å². The number of rotatable bonds is 5. The van der Waals surface area contributed by atoms with E-state index in [1.807, 2.05) is 37.5 Å². The van der Waals surface area contributed by atoms with Crippen LogP contribution in [0.5, 0.6) is 5.75 Å². The number of ether oxygens (including phenoxy) is 1. The van der Waals surface area contributed by atoms with Gasteiger partial charge in [0, 0.05) is 18.2 Å². The summed E-state index contributed by atoms with van der Waals surface area (Å²) in [7, 11) is 2.04. The highest BCUT2D eigenvalue weighted by atomic mass is 16.5. The lowest BCUT2D eigenvalue weighted by atomic mass is 10.2. The molecule has 1 aromatic heterocycles. The van der Waals surface area contributed by atoms with Gasteiger partial charge < -0.3 is 4.74 Å². The highest BCUT2D eigenvalue weighted by Gasteiger charge is 1.99. The van der Waals surface area contributed by atoms with E-state index in [0.717, 1.165) is 24.3 Å². The molecule has 1 heterocycles. The minimum absolute atomic E-state index is 0.765. The lowest BCUT2D eigenvalue weighted by Gasteiger charge is -2.04. The van der Waals surface area contributed by atoms with Gasteiger partial charge in [0.15, 0.2) is 6.20 Å². The van der Waals surface area contributed by atoms with Gasteiger partial charge in [0.25, 0.3) is 0 Å². The molecule has 0 aliphatic rings. The molecule has 0 fully saturated rings. The van der Waals surface area contributed by atoms with Gasteiger partial charge in [-0.15, -0.1) is 0 Å². The number of aryl methyl sites for hydroxylation is 1. The van der Waals surface area contributed by atoms with Gasteiger partial charge in [-0.2, -0.15) is 0 Å². The van der Waals surface area contributed by atoms with E-state index in [-0.39, 0.29) is 0 Å². The normalized spacial score (nSPS) is 10.8. The quantitative estimate of drug-likeness (QED) is 0.745. The average Bonchev–Trinajstić information content (AvgIpc) is 2.45. The molecule has 2 rings (SSSR count). The fourth-order valence-corrected chi connectivity index (χ4v) is 1.82. The van der Waals surface area contributed by atoms with Gasteiger partial charge in [-0.25, -0.2) is 4.57 Å². The molecule has 0 N–H and O–H groups in total. The molecule has 0 unspecified atom stereocenters. The van der Waals surface area contributed by atoms with Crippen molar-refractivity contribution in [1.82, 2.24) is 0 Å². The minimum atomic E-state index is 0.765. The maximum atomic E-state index is 5.63. The topological polar surface area (TPSA) is 13.1 Å². The maximum absolute atomic E-state index is 5.63. The number of benzene rings is 1. The predicted octanol–water partition coefficient (Wildman–Crippen LogP) is 3.47. The summed E-state index contributed by atoms with van der Waals surface area (Å²) in [5.74, 6) is 0.932. The van der Waals surface area contributed by atoms with Crippen molar-refractivity contribution in [2.75, 3.05) is 6.61 Å². The van der Waals surface area contributed by atoms with Crippen LogP contribution in [0.15, 0.2) is 48.7 Å². The average molecular weight is 254 g/mol. The molecular weight excluding hydrogens is 234 g/mol. The largest absolute Gasteiger partial charge is 0.494 e. The van der Waals surface area contributed by atoms with E-state index in [9.17, 15) is 0 Å². The van der Waals surface area contributed by atoms with Crippen LogP contribution in [0.4, 0.5) is 0 Å². The Hall–Kier alpha value is -2.09. The van der Waals surface area contributed by atoms with E-state index < -0.39 is 0 Å². The Balaban J connectivity index is 2.12. The van der Waals surface area contributed by atoms with Crippen LogP contribution in [-0.4, -0.2) is 6.61 Å². The summed E-state index contributed by atoms with van der Waals surface area (Å²) < 4.78 is 7.72. The summed E-state index contributed by atoms with van der Waals surface area (Å²) in [5, 5.41) is 0. The maximum Gasteiger partial charge on any atom is 0.204 e. The van der Waals surface area contributed by atoms with Crippen LogP contribution >= 0.6 is 0 Å². The molecular formula is C17H20NO+. The van der Waals surface area contributed by atoms with E-state index in [1.54, 1.807) is 0 Å². The summed E-state index contributed by atoms with van der Waals surface area (Å²) in [6.07, 6.45) is 7.29. The molecule has 98 valence electrons. The highest BCUT2D eigenvalue weighted by Crippen LogP contribution is 2.15. The standard InChI is InChI=1S/C17H20NO/c1-3-13-19-17-9-6-7-15(14-17)10-11-16-8-4-5-12-18(16)2/h4-12,14H,3,13H2,1-2H3/q+1/b11-10+. The molecule has 0 spiro atoms. The third-order valence-corrected chi connectivity index (χ3v) is 2.87. The number of aromatic nitrogens is 1. The Morgan fingerprint density at radius 3 is 2.79 bits per heavy atom. The highest BCUT2D eigenvalue weighted by molar-refractivity contribution is 5.67. The first kappa shape index (κ1) is 13.3. The molecule has 0 atom stereocenters. The molecule has 19 heavy (non-hydrogen) atoms. The minimum Gasteiger partial charge on any atom is -0.494 e. The van der Waals surface area contributed by atoms with E-state index in [4.69, 9.17) is 4.74 Å². The summed E-state index contributed by atoms with van der Waals surface area (Å²) in [4.78, 5) is 0. The second-order valence-corrected chi connectivity index (χ2v) is 4.49. The Morgan fingerprint density at radius 2 is 2.00 bits per heavy atom. The molecule has 0 aliphatic heterocycles. The van der Waals surface area contributed by atoms with Crippen LogP contribution in [0.25, 0.3) is 12.2 Å². The summed E-state index contributed by atoms with van der Waals surface area (Å²) in [6.45, 7) is 2.87. The summed E-state index contributed by atoms with van der Waals surface area (Å²) in [5.41, 5.74) is 2.32. The van der Waals surface area contributed by atoms with Crippen molar-refractivity contribution < 1.29 is 9.30 Å². The predicted molar refractivity (Wildman–Crippen MR) is 78.8 cm³/mol. The third kappa shape index (κ3) is 3.95. The molecule has 1 aromatic carbocycles. The third-order valence-electron chi connectivity index (χ3n) is 2.87. The molecule has 2 nitrogen and oxygen atoms in total. The SMILES string of the molecule is CCCOc1cccc(/C=C/c2cccc[n+]2C)c1. The van der Waals surface area contributed by atoms with Crippen LogP contribution in [0.3, 0.4) is 0 Å². The number of pyridine rings is 1. The lowest BCUT2D eigenvalue weighted by Crippen LogP contribution is -2.30. The van der Waals surface area contributed by atoms with E-state index in [1.165, 1.54) is 5.69 Å². The van der Waals surface area contributed by atoms with Crippen molar-refractivity contribution in [3.05, 3.63) is 59.9 Å². The Bertz CT molecular complexity index is 561. The van der Waals surface area contributed by atoms with Crippen molar-refractivity contribution in [2.24, 2.45) is 7.05 Å².